The Morgan fingerprint density at radius 2 is 1.31 bits per heavy atom. The standard InChI is InChI=1S/C25H27O6P/c1-18(2)17-21-13-15-22(16-14-21)25(26)28-31-32(27,29-23-11-7-5-9-19(23)3)30-24-12-8-6-10-20(24)4/h5-16,18H,17H2,1-4H3. The quantitative estimate of drug-likeness (QED) is 0.200. The molecule has 0 radical (unpaired) electrons. The summed E-state index contributed by atoms with van der Waals surface area (Å²) in [5, 5.41) is 0. The zero-order valence-corrected chi connectivity index (χ0v) is 19.5. The summed E-state index contributed by atoms with van der Waals surface area (Å²) in [6, 6.07) is 20.9. The van der Waals surface area contributed by atoms with E-state index in [1.165, 1.54) is 0 Å². The Labute approximate surface area is 188 Å². The normalized spacial score (nSPS) is 11.3. The van der Waals surface area contributed by atoms with Crippen LogP contribution in [0.5, 0.6) is 11.5 Å². The van der Waals surface area contributed by atoms with Gasteiger partial charge in [0.05, 0.1) is 5.56 Å². The summed E-state index contributed by atoms with van der Waals surface area (Å²) in [5.41, 5.74) is 2.80. The minimum absolute atomic E-state index is 0.260. The molecule has 0 unspecified atom stereocenters. The van der Waals surface area contributed by atoms with Gasteiger partial charge in [-0.2, -0.15) is 0 Å². The van der Waals surface area contributed by atoms with Crippen molar-refractivity contribution in [1.29, 1.82) is 0 Å². The monoisotopic (exact) mass is 454 g/mol. The van der Waals surface area contributed by atoms with Crippen molar-refractivity contribution in [2.45, 2.75) is 34.1 Å². The molecule has 7 heteroatoms. The van der Waals surface area contributed by atoms with Gasteiger partial charge in [0.2, 0.25) is 0 Å². The number of phosphoric acid groups is 1. The van der Waals surface area contributed by atoms with Crippen molar-refractivity contribution in [2.75, 3.05) is 0 Å². The van der Waals surface area contributed by atoms with Crippen molar-refractivity contribution in [3.63, 3.8) is 0 Å². The number of benzene rings is 3. The largest absolute Gasteiger partial charge is 0.625 e. The van der Waals surface area contributed by atoms with E-state index < -0.39 is 13.8 Å². The topological polar surface area (TPSA) is 71.1 Å². The van der Waals surface area contributed by atoms with Gasteiger partial charge in [0, 0.05) is 0 Å². The molecule has 0 spiro atoms. The van der Waals surface area contributed by atoms with Gasteiger partial charge in [-0.1, -0.05) is 62.4 Å². The lowest BCUT2D eigenvalue weighted by molar-refractivity contribution is -0.163. The molecule has 0 aromatic heterocycles. The molecule has 0 saturated carbocycles. The summed E-state index contributed by atoms with van der Waals surface area (Å²) in [4.78, 5) is 17.4. The van der Waals surface area contributed by atoms with Crippen LogP contribution < -0.4 is 9.05 Å². The molecule has 3 aromatic carbocycles. The van der Waals surface area contributed by atoms with Gasteiger partial charge in [-0.25, -0.2) is 9.36 Å². The second-order valence-corrected chi connectivity index (χ2v) is 9.31. The Balaban J connectivity index is 1.77. The van der Waals surface area contributed by atoms with Gasteiger partial charge in [0.15, 0.2) is 0 Å². The second kappa shape index (κ2) is 10.5. The molecule has 0 atom stereocenters. The number of para-hydroxylation sites is 2. The van der Waals surface area contributed by atoms with E-state index in [1.807, 2.05) is 24.3 Å². The van der Waals surface area contributed by atoms with Crippen LogP contribution in [0.4, 0.5) is 0 Å². The highest BCUT2D eigenvalue weighted by Gasteiger charge is 2.36. The molecule has 3 aromatic rings. The van der Waals surface area contributed by atoms with E-state index >= 15 is 0 Å². The fourth-order valence-electron chi connectivity index (χ4n) is 2.98. The average molecular weight is 454 g/mol. The second-order valence-electron chi connectivity index (χ2n) is 7.90. The van der Waals surface area contributed by atoms with Crippen molar-refractivity contribution in [2.24, 2.45) is 5.92 Å². The summed E-state index contributed by atoms with van der Waals surface area (Å²) in [7, 11) is -4.36. The lowest BCUT2D eigenvalue weighted by Gasteiger charge is -2.19. The molecule has 3 rings (SSSR count). The summed E-state index contributed by atoms with van der Waals surface area (Å²) < 4.78 is 29.6. The fourth-order valence-corrected chi connectivity index (χ4v) is 4.13. The van der Waals surface area contributed by atoms with E-state index in [4.69, 9.17) is 18.6 Å². The maximum atomic E-state index is 13.4. The van der Waals surface area contributed by atoms with Gasteiger partial charge >= 0.3 is 13.8 Å². The first-order valence-corrected chi connectivity index (χ1v) is 11.8. The van der Waals surface area contributed by atoms with Crippen LogP contribution in [0.25, 0.3) is 0 Å². The molecule has 0 bridgehead atoms. The van der Waals surface area contributed by atoms with Crippen molar-refractivity contribution in [1.82, 2.24) is 0 Å². The molecule has 0 aliphatic rings. The van der Waals surface area contributed by atoms with Crippen LogP contribution in [0.2, 0.25) is 0 Å². The predicted molar refractivity (Wildman–Crippen MR) is 123 cm³/mol. The summed E-state index contributed by atoms with van der Waals surface area (Å²) >= 11 is 0. The van der Waals surface area contributed by atoms with E-state index in [9.17, 15) is 9.36 Å². The van der Waals surface area contributed by atoms with Crippen LogP contribution in [0, 0.1) is 19.8 Å². The molecule has 168 valence electrons. The van der Waals surface area contributed by atoms with Crippen molar-refractivity contribution < 1.29 is 28.0 Å². The maximum absolute atomic E-state index is 13.4. The first-order valence-electron chi connectivity index (χ1n) is 10.4. The SMILES string of the molecule is Cc1ccccc1OP(=O)(OOC(=O)c1ccc(CC(C)C)cc1)Oc1ccccc1C. The molecule has 0 fully saturated rings. The number of phosphoric ester groups is 1. The van der Waals surface area contributed by atoms with E-state index in [2.05, 4.69) is 13.8 Å². The molecule has 0 heterocycles. The summed E-state index contributed by atoms with van der Waals surface area (Å²) in [5.74, 6) is 0.277. The number of aryl methyl sites for hydroxylation is 2. The number of rotatable bonds is 9. The van der Waals surface area contributed by atoms with Crippen LogP contribution in [0.3, 0.4) is 0 Å². The van der Waals surface area contributed by atoms with E-state index in [1.54, 1.807) is 62.4 Å². The smallest absolute Gasteiger partial charge is 0.393 e. The van der Waals surface area contributed by atoms with E-state index in [-0.39, 0.29) is 5.56 Å². The number of carbonyl (C=O) groups is 1. The first-order chi connectivity index (χ1) is 15.3. The predicted octanol–water partition coefficient (Wildman–Crippen LogP) is 6.86. The Morgan fingerprint density at radius 1 is 0.812 bits per heavy atom. The maximum Gasteiger partial charge on any atom is 0.625 e. The van der Waals surface area contributed by atoms with Crippen molar-refractivity contribution in [3.05, 3.63) is 95.1 Å². The molecular weight excluding hydrogens is 427 g/mol. The van der Waals surface area contributed by atoms with Crippen LogP contribution in [0.15, 0.2) is 72.8 Å². The first kappa shape index (κ1) is 23.6. The minimum atomic E-state index is -4.36. The number of hydrogen-bond acceptors (Lipinski definition) is 6. The van der Waals surface area contributed by atoms with Gasteiger partial charge in [0.25, 0.3) is 0 Å². The van der Waals surface area contributed by atoms with Crippen LogP contribution in [-0.4, -0.2) is 5.97 Å². The average Bonchev–Trinajstić information content (AvgIpc) is 2.76. The highest BCUT2D eigenvalue weighted by Crippen LogP contribution is 2.51. The fraction of sp³-hybridized carbons (Fsp3) is 0.240. The minimum Gasteiger partial charge on any atom is -0.393 e. The molecule has 0 saturated heterocycles. The van der Waals surface area contributed by atoms with E-state index in [0.717, 1.165) is 23.1 Å². The Kier molecular flexibility index (Phi) is 7.73. The lowest BCUT2D eigenvalue weighted by atomic mass is 10.0. The Morgan fingerprint density at radius 3 is 1.78 bits per heavy atom. The van der Waals surface area contributed by atoms with Gasteiger partial charge in [0.1, 0.15) is 11.5 Å². The lowest BCUT2D eigenvalue weighted by Crippen LogP contribution is -2.11. The van der Waals surface area contributed by atoms with Crippen LogP contribution >= 0.6 is 7.82 Å². The van der Waals surface area contributed by atoms with Crippen molar-refractivity contribution in [3.8, 4) is 11.5 Å². The number of carbonyl (C=O) groups excluding carboxylic acids is 1. The highest BCUT2D eigenvalue weighted by atomic mass is 31.2. The van der Waals surface area contributed by atoms with Gasteiger partial charge in [-0.3, -0.25) is 4.89 Å². The Hall–Kier alpha value is -3.08. The van der Waals surface area contributed by atoms with Gasteiger partial charge in [-0.15, -0.1) is 0 Å². The molecular formula is C25H27O6P. The zero-order chi connectivity index (χ0) is 23.1. The van der Waals surface area contributed by atoms with E-state index in [0.29, 0.717) is 17.4 Å². The molecule has 32 heavy (non-hydrogen) atoms. The van der Waals surface area contributed by atoms with Crippen LogP contribution in [-0.2, 0) is 20.5 Å². The highest BCUT2D eigenvalue weighted by molar-refractivity contribution is 7.49. The number of hydrogen-bond donors (Lipinski definition) is 0. The molecule has 0 N–H and O–H groups in total. The third-order valence-corrected chi connectivity index (χ3v) is 5.74. The van der Waals surface area contributed by atoms with Crippen LogP contribution in [0.1, 0.15) is 40.9 Å². The summed E-state index contributed by atoms with van der Waals surface area (Å²) in [6.07, 6.45) is 0.898. The summed E-state index contributed by atoms with van der Waals surface area (Å²) in [6.45, 7) is 7.82. The Bertz CT molecular complexity index is 1060. The molecule has 6 nitrogen and oxygen atoms in total. The third-order valence-electron chi connectivity index (χ3n) is 4.65. The molecule has 0 amide bonds. The molecule has 0 aliphatic heterocycles. The third kappa shape index (κ3) is 6.46. The van der Waals surface area contributed by atoms with Crippen molar-refractivity contribution >= 4 is 13.8 Å². The van der Waals surface area contributed by atoms with Gasteiger partial charge in [-0.05, 0) is 71.8 Å². The molecule has 0 aliphatic carbocycles. The zero-order valence-electron chi connectivity index (χ0n) is 18.6. The van der Waals surface area contributed by atoms with Gasteiger partial charge < -0.3 is 9.05 Å².